The Bertz CT molecular complexity index is 135. The van der Waals surface area contributed by atoms with Gasteiger partial charge >= 0.3 is 0 Å². The first-order valence-corrected chi connectivity index (χ1v) is 3.52. The van der Waals surface area contributed by atoms with Crippen molar-refractivity contribution in [3.8, 4) is 0 Å². The lowest BCUT2D eigenvalue weighted by Crippen LogP contribution is -2.41. The van der Waals surface area contributed by atoms with Gasteiger partial charge in [-0.3, -0.25) is 20.6 Å². The molecule has 0 aromatic rings. The van der Waals surface area contributed by atoms with Gasteiger partial charge < -0.3 is 0 Å². The second-order valence-corrected chi connectivity index (χ2v) is 2.31. The highest BCUT2D eigenvalue weighted by molar-refractivity contribution is 5.83. The zero-order valence-corrected chi connectivity index (χ0v) is 6.17. The van der Waals surface area contributed by atoms with Crippen LogP contribution in [-0.4, -0.2) is 42.1 Å². The molecule has 0 aromatic heterocycles. The van der Waals surface area contributed by atoms with Crippen molar-refractivity contribution >= 4 is 5.84 Å². The third-order valence-corrected chi connectivity index (χ3v) is 1.67. The van der Waals surface area contributed by atoms with Crippen molar-refractivity contribution in [1.82, 2.24) is 10.4 Å². The van der Waals surface area contributed by atoms with Gasteiger partial charge in [0.2, 0.25) is 0 Å². The van der Waals surface area contributed by atoms with Crippen LogP contribution >= 0.6 is 0 Å². The summed E-state index contributed by atoms with van der Waals surface area (Å²) >= 11 is 0. The maximum Gasteiger partial charge on any atom is 0.134 e. The molecule has 0 radical (unpaired) electrons. The van der Waals surface area contributed by atoms with E-state index in [0.717, 1.165) is 26.2 Å². The Balaban J connectivity index is 2.40. The van der Waals surface area contributed by atoms with Crippen molar-refractivity contribution in [3.05, 3.63) is 0 Å². The molecule has 0 aromatic carbocycles. The van der Waals surface area contributed by atoms with E-state index in [1.807, 2.05) is 0 Å². The monoisotopic (exact) mass is 143 g/mol. The molecule has 1 aliphatic rings. The lowest BCUT2D eigenvalue weighted by Gasteiger charge is -2.23. The van der Waals surface area contributed by atoms with Gasteiger partial charge in [-0.05, 0) is 6.54 Å². The van der Waals surface area contributed by atoms with E-state index in [-0.39, 0.29) is 0 Å². The summed E-state index contributed by atoms with van der Waals surface area (Å²) in [6, 6.07) is 0. The highest BCUT2D eigenvalue weighted by Gasteiger charge is 2.10. The van der Waals surface area contributed by atoms with E-state index in [1.165, 1.54) is 0 Å². The number of nitrogens with one attached hydrogen (secondary N) is 1. The molecule has 0 atom stereocenters. The molecule has 58 valence electrons. The first-order valence-electron chi connectivity index (χ1n) is 3.52. The quantitative estimate of drug-likeness (QED) is 0.495. The lowest BCUT2D eigenvalue weighted by atomic mass is 10.4. The second kappa shape index (κ2) is 3.53. The van der Waals surface area contributed by atoms with Crippen LogP contribution in [-0.2, 0) is 0 Å². The van der Waals surface area contributed by atoms with Crippen LogP contribution in [0.4, 0.5) is 0 Å². The Kier molecular flexibility index (Phi) is 2.65. The normalized spacial score (nSPS) is 20.4. The van der Waals surface area contributed by atoms with E-state index in [1.54, 1.807) is 0 Å². The molecule has 0 saturated carbocycles. The van der Waals surface area contributed by atoms with Gasteiger partial charge in [0.25, 0.3) is 0 Å². The number of hydroxylamine groups is 1. The minimum atomic E-state index is 0.674. The van der Waals surface area contributed by atoms with Gasteiger partial charge in [-0.2, -0.15) is 0 Å². The molecule has 1 heterocycles. The molecule has 10 heavy (non-hydrogen) atoms. The summed E-state index contributed by atoms with van der Waals surface area (Å²) in [7, 11) is 0. The molecule has 1 aliphatic heterocycles. The molecular formula is C6H13N3O. The topological polar surface area (TPSA) is 47.9 Å². The van der Waals surface area contributed by atoms with E-state index in [0.29, 0.717) is 5.84 Å². The molecule has 0 unspecified atom stereocenters. The number of hydrogen-bond donors (Lipinski definition) is 2. The fraction of sp³-hybridized carbons (Fsp3) is 0.833. The van der Waals surface area contributed by atoms with Gasteiger partial charge in [0.1, 0.15) is 5.84 Å². The maximum absolute atomic E-state index is 8.50. The van der Waals surface area contributed by atoms with Crippen LogP contribution in [0.5, 0.6) is 0 Å². The fourth-order valence-electron chi connectivity index (χ4n) is 1.01. The number of likely N-dealkylation sites (N-methyl/N-ethyl adjacent to an activating group) is 1. The van der Waals surface area contributed by atoms with Crippen LogP contribution < -0.4 is 5.48 Å². The van der Waals surface area contributed by atoms with Crippen LogP contribution in [0.25, 0.3) is 0 Å². The summed E-state index contributed by atoms with van der Waals surface area (Å²) in [6.45, 7) is 5.65. The van der Waals surface area contributed by atoms with E-state index >= 15 is 0 Å². The number of aliphatic imine (C=N–C) groups is 1. The van der Waals surface area contributed by atoms with Gasteiger partial charge in [-0.25, -0.2) is 0 Å². The molecule has 0 spiro atoms. The molecule has 0 amide bonds. The van der Waals surface area contributed by atoms with Gasteiger partial charge in [-0.15, -0.1) is 0 Å². The summed E-state index contributed by atoms with van der Waals surface area (Å²) in [5.74, 6) is 0.674. The summed E-state index contributed by atoms with van der Waals surface area (Å²) in [6.07, 6.45) is 0. The highest BCUT2D eigenvalue weighted by atomic mass is 16.5. The SMILES string of the molecule is CCN1CCN=C(NO)C1. The van der Waals surface area contributed by atoms with Crippen LogP contribution in [0.3, 0.4) is 0 Å². The summed E-state index contributed by atoms with van der Waals surface area (Å²) in [5, 5.41) is 8.50. The third kappa shape index (κ3) is 1.68. The largest absolute Gasteiger partial charge is 0.294 e. The summed E-state index contributed by atoms with van der Waals surface area (Å²) in [4.78, 5) is 6.27. The summed E-state index contributed by atoms with van der Waals surface area (Å²) in [5.41, 5.74) is 2.08. The van der Waals surface area contributed by atoms with E-state index < -0.39 is 0 Å². The second-order valence-electron chi connectivity index (χ2n) is 2.31. The average molecular weight is 143 g/mol. The summed E-state index contributed by atoms with van der Waals surface area (Å²) < 4.78 is 0. The maximum atomic E-state index is 8.50. The molecule has 0 bridgehead atoms. The van der Waals surface area contributed by atoms with E-state index in [4.69, 9.17) is 5.21 Å². The molecule has 4 heteroatoms. The van der Waals surface area contributed by atoms with Crippen molar-refractivity contribution in [2.24, 2.45) is 4.99 Å². The van der Waals surface area contributed by atoms with E-state index in [9.17, 15) is 0 Å². The van der Waals surface area contributed by atoms with Gasteiger partial charge in [0, 0.05) is 6.54 Å². The van der Waals surface area contributed by atoms with Crippen molar-refractivity contribution in [2.45, 2.75) is 6.92 Å². The van der Waals surface area contributed by atoms with Crippen molar-refractivity contribution in [1.29, 1.82) is 0 Å². The Morgan fingerprint density at radius 2 is 2.60 bits per heavy atom. The minimum absolute atomic E-state index is 0.674. The van der Waals surface area contributed by atoms with Crippen molar-refractivity contribution < 1.29 is 5.21 Å². The highest BCUT2D eigenvalue weighted by Crippen LogP contribution is 1.94. The standard InChI is InChI=1S/C6H13N3O/c1-2-9-4-3-7-6(5-9)8-10/h10H,2-5H2,1H3,(H,7,8). The average Bonchev–Trinajstić information content (AvgIpc) is 2.05. The molecular weight excluding hydrogens is 130 g/mol. The third-order valence-electron chi connectivity index (χ3n) is 1.67. The van der Waals surface area contributed by atoms with Gasteiger partial charge in [0.15, 0.2) is 0 Å². The zero-order chi connectivity index (χ0) is 7.40. The Morgan fingerprint density at radius 3 is 3.20 bits per heavy atom. The van der Waals surface area contributed by atoms with Crippen molar-refractivity contribution in [3.63, 3.8) is 0 Å². The number of amidine groups is 1. The Hall–Kier alpha value is -0.610. The molecule has 0 saturated heterocycles. The van der Waals surface area contributed by atoms with Crippen LogP contribution in [0.15, 0.2) is 4.99 Å². The molecule has 1 rings (SSSR count). The number of hydrogen-bond acceptors (Lipinski definition) is 4. The predicted molar refractivity (Wildman–Crippen MR) is 39.3 cm³/mol. The van der Waals surface area contributed by atoms with Crippen LogP contribution in [0, 0.1) is 0 Å². The lowest BCUT2D eigenvalue weighted by molar-refractivity contribution is 0.218. The first kappa shape index (κ1) is 7.50. The number of nitrogens with zero attached hydrogens (tertiary/aromatic N) is 2. The molecule has 0 fully saturated rings. The smallest absolute Gasteiger partial charge is 0.134 e. The fourth-order valence-corrected chi connectivity index (χ4v) is 1.01. The minimum Gasteiger partial charge on any atom is -0.294 e. The molecule has 2 N–H and O–H groups in total. The number of rotatable bonds is 1. The Labute approximate surface area is 60.5 Å². The van der Waals surface area contributed by atoms with Gasteiger partial charge in [0.05, 0.1) is 13.1 Å². The van der Waals surface area contributed by atoms with Crippen molar-refractivity contribution in [2.75, 3.05) is 26.2 Å². The van der Waals surface area contributed by atoms with Crippen LogP contribution in [0.1, 0.15) is 6.92 Å². The Morgan fingerprint density at radius 1 is 1.80 bits per heavy atom. The zero-order valence-electron chi connectivity index (χ0n) is 6.17. The van der Waals surface area contributed by atoms with Gasteiger partial charge in [-0.1, -0.05) is 6.92 Å². The predicted octanol–water partition coefficient (Wildman–Crippen LogP) is -0.301. The van der Waals surface area contributed by atoms with E-state index in [2.05, 4.69) is 22.3 Å². The molecule has 0 aliphatic carbocycles. The van der Waals surface area contributed by atoms with Crippen LogP contribution in [0.2, 0.25) is 0 Å². The first-order chi connectivity index (χ1) is 4.86. The molecule has 4 nitrogen and oxygen atoms in total.